The average molecular weight is 1440 g/mol. The molecule has 582 valence electrons. The minimum absolute atomic E-state index is 0.105. The van der Waals surface area contributed by atoms with E-state index in [1.807, 2.05) is 0 Å². The van der Waals surface area contributed by atoms with E-state index in [2.05, 4.69) is 55.4 Å². The van der Waals surface area contributed by atoms with E-state index >= 15 is 0 Å². The Labute approximate surface area is 600 Å². The van der Waals surface area contributed by atoms with Gasteiger partial charge >= 0.3 is 39.5 Å². The van der Waals surface area contributed by atoms with Crippen molar-refractivity contribution in [1.82, 2.24) is 0 Å². The molecule has 0 saturated heterocycles. The van der Waals surface area contributed by atoms with Crippen LogP contribution in [0, 0.1) is 23.7 Å². The summed E-state index contributed by atoms with van der Waals surface area (Å²) in [6.45, 7) is 14.2. The first-order valence-electron chi connectivity index (χ1n) is 40.7. The first kappa shape index (κ1) is 96.1. The third kappa shape index (κ3) is 72.4. The zero-order valence-electron chi connectivity index (χ0n) is 64.4. The number of aliphatic hydroxyl groups excluding tert-OH is 1. The number of unbranched alkanes of at least 4 members (excludes halogenated alkanes) is 42. The summed E-state index contributed by atoms with van der Waals surface area (Å²) in [4.78, 5) is 72.9. The quantitative estimate of drug-likeness (QED) is 0.0222. The van der Waals surface area contributed by atoms with Crippen molar-refractivity contribution in [3.63, 3.8) is 0 Å². The molecule has 3 N–H and O–H groups in total. The molecule has 0 aromatic rings. The van der Waals surface area contributed by atoms with Gasteiger partial charge < -0.3 is 33.8 Å². The molecule has 0 bridgehead atoms. The maximum atomic E-state index is 13.1. The Morgan fingerprint density at radius 3 is 0.633 bits per heavy atom. The highest BCUT2D eigenvalue weighted by Crippen LogP contribution is 2.45. The van der Waals surface area contributed by atoms with E-state index < -0.39 is 97.5 Å². The molecule has 5 atom stereocenters. The number of hydrogen-bond acceptors (Lipinski definition) is 15. The van der Waals surface area contributed by atoms with Gasteiger partial charge in [0.1, 0.15) is 19.3 Å². The van der Waals surface area contributed by atoms with Crippen molar-refractivity contribution in [2.45, 2.75) is 420 Å². The molecule has 0 radical (unpaired) electrons. The van der Waals surface area contributed by atoms with Gasteiger partial charge in [-0.15, -0.1) is 0 Å². The molecule has 0 aromatic heterocycles. The normalized spacial score (nSPS) is 14.1. The highest BCUT2D eigenvalue weighted by molar-refractivity contribution is 7.47. The Kier molecular flexibility index (Phi) is 66.8. The van der Waals surface area contributed by atoms with Crippen LogP contribution >= 0.6 is 15.6 Å². The van der Waals surface area contributed by atoms with E-state index in [0.717, 1.165) is 114 Å². The number of ether oxygens (including phenoxy) is 4. The average Bonchev–Trinajstić information content (AvgIpc) is 1.39. The van der Waals surface area contributed by atoms with Crippen LogP contribution in [0.3, 0.4) is 0 Å². The van der Waals surface area contributed by atoms with Gasteiger partial charge in [0, 0.05) is 25.7 Å². The number of phosphoric ester groups is 2. The molecule has 0 fully saturated rings. The van der Waals surface area contributed by atoms with Crippen LogP contribution in [-0.4, -0.2) is 96.7 Å². The largest absolute Gasteiger partial charge is 0.472 e. The van der Waals surface area contributed by atoms with Crippen LogP contribution in [0.4, 0.5) is 0 Å². The van der Waals surface area contributed by atoms with E-state index in [-0.39, 0.29) is 25.7 Å². The topological polar surface area (TPSA) is 237 Å². The van der Waals surface area contributed by atoms with Crippen molar-refractivity contribution in [3.8, 4) is 0 Å². The predicted molar refractivity (Wildman–Crippen MR) is 400 cm³/mol. The fourth-order valence-corrected chi connectivity index (χ4v) is 13.7. The number of carbonyl (C=O) groups is 4. The molecule has 0 saturated carbocycles. The Balaban J connectivity index is 5.24. The van der Waals surface area contributed by atoms with E-state index in [1.165, 1.54) is 199 Å². The minimum Gasteiger partial charge on any atom is -0.462 e. The second-order valence-electron chi connectivity index (χ2n) is 30.4. The van der Waals surface area contributed by atoms with Gasteiger partial charge in [-0.1, -0.05) is 351 Å². The minimum atomic E-state index is -4.96. The monoisotopic (exact) mass is 1440 g/mol. The highest BCUT2D eigenvalue weighted by Gasteiger charge is 2.30. The molecule has 0 aromatic carbocycles. The van der Waals surface area contributed by atoms with Crippen molar-refractivity contribution in [2.24, 2.45) is 23.7 Å². The van der Waals surface area contributed by atoms with Gasteiger partial charge in [-0.25, -0.2) is 9.13 Å². The summed E-state index contributed by atoms with van der Waals surface area (Å²) < 4.78 is 68.6. The number of hydrogen-bond donors (Lipinski definition) is 3. The van der Waals surface area contributed by atoms with Gasteiger partial charge in [-0.05, 0) is 49.4 Å². The van der Waals surface area contributed by atoms with Crippen LogP contribution in [0.5, 0.6) is 0 Å². The fraction of sp³-hybridized carbons (Fsp3) is 0.949. The van der Waals surface area contributed by atoms with Crippen molar-refractivity contribution in [1.29, 1.82) is 0 Å². The fourth-order valence-electron chi connectivity index (χ4n) is 12.1. The standard InChI is InChI=1S/C79H154O17P2/c1-69(2)55-47-39-31-24-18-14-10-9-11-16-20-27-35-43-51-59-76(81)89-65-74(95-78(83)61-53-45-36-28-21-17-13-12-15-19-25-32-40-48-56-70(3)4)67-93-97(85,86)91-63-73(80)64-92-98(87,88)94-68-75(66-90-77(82)60-52-44-38-30-34-42-50-58-72(7)8)96-79(84)62-54-46-37-29-23-22-26-33-41-49-57-71(5)6/h69-75,80H,9-68H2,1-8H3,(H,85,86)(H,87,88)/t73?,74-,75-/m1/s1. The van der Waals surface area contributed by atoms with Crippen molar-refractivity contribution < 1.29 is 80.2 Å². The second kappa shape index (κ2) is 68.2. The SMILES string of the molecule is CC(C)CCCCCCCCCCCCCCCCCC(=O)OC[C@H](COP(=O)(O)OCC(O)COP(=O)(O)OC[C@@H](COC(=O)CCCCCCCCCC(C)C)OC(=O)CCCCCCCCCCCCC(C)C)OC(=O)CCCCCCCCCCCCCCCCC(C)C. The molecule has 0 aliphatic rings. The zero-order chi connectivity index (χ0) is 72.4. The van der Waals surface area contributed by atoms with Crippen LogP contribution in [0.25, 0.3) is 0 Å². The van der Waals surface area contributed by atoms with Crippen molar-refractivity contribution >= 4 is 39.5 Å². The molecule has 0 spiro atoms. The zero-order valence-corrected chi connectivity index (χ0v) is 66.2. The lowest BCUT2D eigenvalue weighted by molar-refractivity contribution is -0.161. The van der Waals surface area contributed by atoms with Crippen LogP contribution < -0.4 is 0 Å². The van der Waals surface area contributed by atoms with Crippen LogP contribution in [0.2, 0.25) is 0 Å². The molecule has 19 heteroatoms. The summed E-state index contributed by atoms with van der Waals surface area (Å²) in [6, 6.07) is 0. The van der Waals surface area contributed by atoms with Gasteiger partial charge in [0.25, 0.3) is 0 Å². The molecule has 0 aliphatic heterocycles. The van der Waals surface area contributed by atoms with Gasteiger partial charge in [-0.3, -0.25) is 37.3 Å². The van der Waals surface area contributed by atoms with E-state index in [1.54, 1.807) is 0 Å². The molecule has 3 unspecified atom stereocenters. The summed E-state index contributed by atoms with van der Waals surface area (Å²) in [7, 11) is -9.92. The first-order valence-corrected chi connectivity index (χ1v) is 43.7. The first-order chi connectivity index (χ1) is 47.1. The second-order valence-corrected chi connectivity index (χ2v) is 33.3. The Bertz CT molecular complexity index is 1920. The number of carbonyl (C=O) groups excluding carboxylic acids is 4. The highest BCUT2D eigenvalue weighted by atomic mass is 31.2. The summed E-state index contributed by atoms with van der Waals surface area (Å²) in [6.07, 6.45) is 54.2. The molecule has 17 nitrogen and oxygen atoms in total. The van der Waals surface area contributed by atoms with E-state index in [0.29, 0.717) is 31.6 Å². The molecule has 98 heavy (non-hydrogen) atoms. The van der Waals surface area contributed by atoms with Crippen LogP contribution in [-0.2, 0) is 65.4 Å². The Morgan fingerprint density at radius 2 is 0.429 bits per heavy atom. The third-order valence-corrected chi connectivity index (χ3v) is 20.2. The maximum absolute atomic E-state index is 13.1. The molecule has 0 rings (SSSR count). The lowest BCUT2D eigenvalue weighted by Gasteiger charge is -2.21. The molecule has 0 heterocycles. The van der Waals surface area contributed by atoms with Crippen molar-refractivity contribution in [3.05, 3.63) is 0 Å². The van der Waals surface area contributed by atoms with Gasteiger partial charge in [-0.2, -0.15) is 0 Å². The summed E-state index contributed by atoms with van der Waals surface area (Å²) in [5.74, 6) is 0.941. The predicted octanol–water partition coefficient (Wildman–Crippen LogP) is 23.2. The number of esters is 4. The molecular weight excluding hydrogens is 1280 g/mol. The summed E-state index contributed by atoms with van der Waals surface area (Å²) in [5, 5.41) is 10.6. The van der Waals surface area contributed by atoms with E-state index in [4.69, 9.17) is 37.0 Å². The number of aliphatic hydroxyl groups is 1. The van der Waals surface area contributed by atoms with Gasteiger partial charge in [0.05, 0.1) is 26.4 Å². The van der Waals surface area contributed by atoms with Crippen LogP contribution in [0.1, 0.15) is 402 Å². The number of phosphoric acid groups is 2. The molecule has 0 aliphatic carbocycles. The molecule has 0 amide bonds. The van der Waals surface area contributed by atoms with Crippen LogP contribution in [0.15, 0.2) is 0 Å². The Morgan fingerprint density at radius 1 is 0.255 bits per heavy atom. The Hall–Kier alpha value is -1.94. The maximum Gasteiger partial charge on any atom is 0.472 e. The third-order valence-electron chi connectivity index (χ3n) is 18.3. The van der Waals surface area contributed by atoms with E-state index in [9.17, 15) is 43.2 Å². The smallest absolute Gasteiger partial charge is 0.462 e. The summed E-state index contributed by atoms with van der Waals surface area (Å²) in [5.41, 5.74) is 0. The lowest BCUT2D eigenvalue weighted by atomic mass is 10.0. The van der Waals surface area contributed by atoms with Gasteiger partial charge in [0.15, 0.2) is 12.2 Å². The van der Waals surface area contributed by atoms with Crippen molar-refractivity contribution in [2.75, 3.05) is 39.6 Å². The molecular formula is C79H154O17P2. The lowest BCUT2D eigenvalue weighted by Crippen LogP contribution is -2.30. The summed E-state index contributed by atoms with van der Waals surface area (Å²) >= 11 is 0. The number of rotatable bonds is 76. The van der Waals surface area contributed by atoms with Gasteiger partial charge in [0.2, 0.25) is 0 Å².